The van der Waals surface area contributed by atoms with Crippen molar-refractivity contribution in [2.24, 2.45) is 5.92 Å². The number of benzene rings is 1. The summed E-state index contributed by atoms with van der Waals surface area (Å²) >= 11 is 0. The number of hydrogen-bond acceptors (Lipinski definition) is 4. The van der Waals surface area contributed by atoms with Crippen LogP contribution in [0.25, 0.3) is 0 Å². The number of hydrogen-bond donors (Lipinski definition) is 1. The Balaban J connectivity index is 1.85. The van der Waals surface area contributed by atoms with Crippen molar-refractivity contribution in [3.8, 4) is 5.75 Å². The van der Waals surface area contributed by atoms with Gasteiger partial charge in [0.2, 0.25) is 11.8 Å². The lowest BCUT2D eigenvalue weighted by Gasteiger charge is -2.34. The summed E-state index contributed by atoms with van der Waals surface area (Å²) in [7, 11) is 0. The molecular weight excluding hydrogens is 348 g/mol. The molecule has 0 bridgehead atoms. The van der Waals surface area contributed by atoms with Gasteiger partial charge in [-0.05, 0) is 31.4 Å². The van der Waals surface area contributed by atoms with E-state index in [0.29, 0.717) is 39.1 Å². The molecule has 1 unspecified atom stereocenters. The van der Waals surface area contributed by atoms with E-state index in [1.54, 1.807) is 4.90 Å². The Labute approximate surface area is 159 Å². The number of rotatable bonds is 9. The number of para-hydroxylation sites is 1. The van der Waals surface area contributed by atoms with E-state index in [4.69, 9.17) is 9.84 Å². The average molecular weight is 376 g/mol. The lowest BCUT2D eigenvalue weighted by molar-refractivity contribution is -0.148. The number of carbonyl (C=O) groups is 3. The smallest absolute Gasteiger partial charge is 0.323 e. The van der Waals surface area contributed by atoms with Crippen molar-refractivity contribution in [2.75, 3.05) is 32.8 Å². The summed E-state index contributed by atoms with van der Waals surface area (Å²) in [4.78, 5) is 39.2. The standard InChI is InChI=1S/C20H28N2O5/c1-2-11-22(15-19(24)25)20(26)16-7-6-12-21(14-16)18(23)10-13-27-17-8-4-3-5-9-17/h3-5,8-9,16H,2,6-7,10-15H2,1H3,(H,24,25). The average Bonchev–Trinajstić information content (AvgIpc) is 2.67. The topological polar surface area (TPSA) is 87.2 Å². The molecule has 1 aromatic rings. The van der Waals surface area contributed by atoms with E-state index in [0.717, 1.165) is 12.2 Å². The van der Waals surface area contributed by atoms with Gasteiger partial charge in [-0.3, -0.25) is 14.4 Å². The van der Waals surface area contributed by atoms with Gasteiger partial charge in [-0.25, -0.2) is 0 Å². The molecule has 1 N–H and O–H groups in total. The molecule has 1 saturated heterocycles. The van der Waals surface area contributed by atoms with Gasteiger partial charge < -0.3 is 19.6 Å². The van der Waals surface area contributed by atoms with Crippen LogP contribution in [0.4, 0.5) is 0 Å². The lowest BCUT2D eigenvalue weighted by Crippen LogP contribution is -2.48. The number of carbonyl (C=O) groups excluding carboxylic acids is 2. The second kappa shape index (κ2) is 10.5. The number of likely N-dealkylation sites (tertiary alicyclic amines) is 1. The zero-order chi connectivity index (χ0) is 19.6. The van der Waals surface area contributed by atoms with Crippen LogP contribution in [0.1, 0.15) is 32.6 Å². The molecule has 1 aliphatic heterocycles. The molecule has 7 nitrogen and oxygen atoms in total. The van der Waals surface area contributed by atoms with Gasteiger partial charge in [0.15, 0.2) is 0 Å². The predicted molar refractivity (Wildman–Crippen MR) is 100 cm³/mol. The fourth-order valence-corrected chi connectivity index (χ4v) is 3.29. The van der Waals surface area contributed by atoms with E-state index in [-0.39, 0.29) is 30.7 Å². The highest BCUT2D eigenvalue weighted by Gasteiger charge is 2.31. The SMILES string of the molecule is CCCN(CC(=O)O)C(=O)C1CCCN(C(=O)CCOc2ccccc2)C1. The first kappa shape index (κ1) is 20.7. The minimum atomic E-state index is -1.02. The van der Waals surface area contributed by atoms with Crippen molar-refractivity contribution in [3.63, 3.8) is 0 Å². The molecule has 1 aromatic carbocycles. The van der Waals surface area contributed by atoms with Crippen LogP contribution < -0.4 is 4.74 Å². The molecule has 0 spiro atoms. The van der Waals surface area contributed by atoms with Gasteiger partial charge in [0, 0.05) is 19.6 Å². The van der Waals surface area contributed by atoms with E-state index >= 15 is 0 Å². The van der Waals surface area contributed by atoms with Gasteiger partial charge in [-0.2, -0.15) is 0 Å². The summed E-state index contributed by atoms with van der Waals surface area (Å²) in [6, 6.07) is 9.32. The summed E-state index contributed by atoms with van der Waals surface area (Å²) in [5, 5.41) is 9.02. The quantitative estimate of drug-likeness (QED) is 0.712. The highest BCUT2D eigenvalue weighted by molar-refractivity contribution is 5.84. The van der Waals surface area contributed by atoms with Gasteiger partial charge >= 0.3 is 5.97 Å². The van der Waals surface area contributed by atoms with Crippen molar-refractivity contribution in [1.29, 1.82) is 0 Å². The number of aliphatic carboxylic acids is 1. The van der Waals surface area contributed by atoms with E-state index in [1.807, 2.05) is 37.3 Å². The molecular formula is C20H28N2O5. The van der Waals surface area contributed by atoms with Crippen LogP contribution in [0, 0.1) is 5.92 Å². The molecule has 0 aliphatic carbocycles. The van der Waals surface area contributed by atoms with Crippen molar-refractivity contribution in [1.82, 2.24) is 9.80 Å². The number of carboxylic acids is 1. The van der Waals surface area contributed by atoms with Crippen LogP contribution in [0.15, 0.2) is 30.3 Å². The van der Waals surface area contributed by atoms with Crippen LogP contribution in [0.5, 0.6) is 5.75 Å². The Morgan fingerprint density at radius 1 is 1.26 bits per heavy atom. The Hall–Kier alpha value is -2.57. The first-order valence-electron chi connectivity index (χ1n) is 9.47. The summed E-state index contributed by atoms with van der Waals surface area (Å²) in [6.07, 6.45) is 2.38. The lowest BCUT2D eigenvalue weighted by atomic mass is 9.96. The van der Waals surface area contributed by atoms with Gasteiger partial charge in [-0.1, -0.05) is 25.1 Å². The van der Waals surface area contributed by atoms with Crippen LogP contribution in [0.2, 0.25) is 0 Å². The highest BCUT2D eigenvalue weighted by Crippen LogP contribution is 2.20. The zero-order valence-electron chi connectivity index (χ0n) is 15.8. The molecule has 2 rings (SSSR count). The van der Waals surface area contributed by atoms with E-state index < -0.39 is 5.97 Å². The highest BCUT2D eigenvalue weighted by atomic mass is 16.5. The number of ether oxygens (including phenoxy) is 1. The molecule has 0 radical (unpaired) electrons. The van der Waals surface area contributed by atoms with Crippen molar-refractivity contribution in [3.05, 3.63) is 30.3 Å². The molecule has 1 heterocycles. The molecule has 27 heavy (non-hydrogen) atoms. The van der Waals surface area contributed by atoms with E-state index in [2.05, 4.69) is 0 Å². The van der Waals surface area contributed by atoms with Crippen molar-refractivity contribution >= 4 is 17.8 Å². The normalized spacial score (nSPS) is 16.6. The minimum Gasteiger partial charge on any atom is -0.493 e. The van der Waals surface area contributed by atoms with E-state index in [9.17, 15) is 14.4 Å². The molecule has 1 fully saturated rings. The van der Waals surface area contributed by atoms with Crippen LogP contribution >= 0.6 is 0 Å². The van der Waals surface area contributed by atoms with Crippen LogP contribution in [0.3, 0.4) is 0 Å². The third kappa shape index (κ3) is 6.58. The van der Waals surface area contributed by atoms with E-state index in [1.165, 1.54) is 4.90 Å². The number of nitrogens with zero attached hydrogens (tertiary/aromatic N) is 2. The van der Waals surface area contributed by atoms with Gasteiger partial charge in [0.1, 0.15) is 12.3 Å². The Morgan fingerprint density at radius 3 is 2.67 bits per heavy atom. The summed E-state index contributed by atoms with van der Waals surface area (Å²) < 4.78 is 5.57. The first-order valence-corrected chi connectivity index (χ1v) is 9.47. The molecule has 2 amide bonds. The summed E-state index contributed by atoms with van der Waals surface area (Å²) in [6.45, 7) is 3.30. The molecule has 0 saturated carbocycles. The minimum absolute atomic E-state index is 0.0382. The number of amides is 2. The predicted octanol–water partition coefficient (Wildman–Crippen LogP) is 2.02. The maximum Gasteiger partial charge on any atom is 0.323 e. The second-order valence-corrected chi connectivity index (χ2v) is 6.74. The molecule has 7 heteroatoms. The van der Waals surface area contributed by atoms with Crippen LogP contribution in [-0.2, 0) is 14.4 Å². The number of carboxylic acid groups (broad SMARTS) is 1. The maximum absolute atomic E-state index is 12.7. The molecule has 0 aromatic heterocycles. The largest absolute Gasteiger partial charge is 0.493 e. The summed E-state index contributed by atoms with van der Waals surface area (Å²) in [5.74, 6) is -0.830. The maximum atomic E-state index is 12.7. The first-order chi connectivity index (χ1) is 13.0. The van der Waals surface area contributed by atoms with Crippen molar-refractivity contribution in [2.45, 2.75) is 32.6 Å². The molecule has 1 atom stereocenters. The Kier molecular flexibility index (Phi) is 8.10. The zero-order valence-corrected chi connectivity index (χ0v) is 15.8. The third-order valence-electron chi connectivity index (χ3n) is 4.58. The number of piperidine rings is 1. The second-order valence-electron chi connectivity index (χ2n) is 6.74. The molecule has 1 aliphatic rings. The summed E-state index contributed by atoms with van der Waals surface area (Å²) in [5.41, 5.74) is 0. The fourth-order valence-electron chi connectivity index (χ4n) is 3.29. The van der Waals surface area contributed by atoms with Crippen molar-refractivity contribution < 1.29 is 24.2 Å². The Bertz CT molecular complexity index is 635. The van der Waals surface area contributed by atoms with Gasteiger partial charge in [0.05, 0.1) is 18.9 Å². The third-order valence-corrected chi connectivity index (χ3v) is 4.58. The van der Waals surface area contributed by atoms with Crippen LogP contribution in [-0.4, -0.2) is 65.5 Å². The van der Waals surface area contributed by atoms with Gasteiger partial charge in [-0.15, -0.1) is 0 Å². The fraction of sp³-hybridized carbons (Fsp3) is 0.550. The monoisotopic (exact) mass is 376 g/mol. The molecule has 148 valence electrons. The Morgan fingerprint density at radius 2 is 2.00 bits per heavy atom. The van der Waals surface area contributed by atoms with Gasteiger partial charge in [0.25, 0.3) is 0 Å².